The summed E-state index contributed by atoms with van der Waals surface area (Å²) in [6.45, 7) is 1.94. The van der Waals surface area contributed by atoms with E-state index in [1.165, 1.54) is 6.33 Å². The van der Waals surface area contributed by atoms with Crippen molar-refractivity contribution in [1.82, 2.24) is 20.4 Å². The summed E-state index contributed by atoms with van der Waals surface area (Å²) in [6.07, 6.45) is 1.49. The molecule has 6 nitrogen and oxygen atoms in total. The van der Waals surface area contributed by atoms with Crippen molar-refractivity contribution >= 4 is 17.5 Å². The summed E-state index contributed by atoms with van der Waals surface area (Å²) in [5.74, 6) is 0.114. The number of benzene rings is 2. The Morgan fingerprint density at radius 3 is 2.62 bits per heavy atom. The quantitative estimate of drug-likeness (QED) is 0.521. The fraction of sp³-hybridized carbons (Fsp3) is 0.0909. The lowest BCUT2D eigenvalue weighted by molar-refractivity contribution is 0.0949. The predicted molar refractivity (Wildman–Crippen MR) is 110 cm³/mol. The van der Waals surface area contributed by atoms with Gasteiger partial charge in [-0.05, 0) is 19.1 Å². The Morgan fingerprint density at radius 2 is 1.83 bits per heavy atom. The van der Waals surface area contributed by atoms with Gasteiger partial charge in [-0.25, -0.2) is 9.97 Å². The SMILES string of the molecule is Cc1onc(-c2ccccc2Cl)c1C(=O)NCc1cc(-c2ccccc2)ncn1. The van der Waals surface area contributed by atoms with Crippen molar-refractivity contribution < 1.29 is 9.32 Å². The second-order valence-electron chi connectivity index (χ2n) is 6.39. The molecule has 0 aliphatic carbocycles. The van der Waals surface area contributed by atoms with Crippen molar-refractivity contribution in [2.45, 2.75) is 13.5 Å². The standard InChI is InChI=1S/C22H17ClN4O2/c1-14-20(21(27-29-14)17-9-5-6-10-18(17)23)22(28)24-12-16-11-19(26-13-25-16)15-7-3-2-4-8-15/h2-11,13H,12H2,1H3,(H,24,28). The largest absolute Gasteiger partial charge is 0.360 e. The number of amides is 1. The van der Waals surface area contributed by atoms with Gasteiger partial charge in [0.1, 0.15) is 23.3 Å². The number of rotatable bonds is 5. The second-order valence-corrected chi connectivity index (χ2v) is 6.79. The summed E-state index contributed by atoms with van der Waals surface area (Å²) >= 11 is 6.26. The van der Waals surface area contributed by atoms with Crippen LogP contribution in [0.5, 0.6) is 0 Å². The van der Waals surface area contributed by atoms with E-state index < -0.39 is 0 Å². The van der Waals surface area contributed by atoms with Crippen LogP contribution in [0, 0.1) is 6.92 Å². The second kappa shape index (κ2) is 8.24. The molecule has 7 heteroatoms. The van der Waals surface area contributed by atoms with E-state index in [2.05, 4.69) is 20.4 Å². The molecule has 0 saturated heterocycles. The number of nitrogens with one attached hydrogen (secondary N) is 1. The minimum atomic E-state index is -0.307. The third-order valence-electron chi connectivity index (χ3n) is 4.44. The summed E-state index contributed by atoms with van der Waals surface area (Å²) in [7, 11) is 0. The highest BCUT2D eigenvalue weighted by atomic mass is 35.5. The summed E-state index contributed by atoms with van der Waals surface area (Å²) in [5.41, 5.74) is 3.89. The first-order valence-electron chi connectivity index (χ1n) is 8.99. The first kappa shape index (κ1) is 18.8. The van der Waals surface area contributed by atoms with Crippen LogP contribution >= 0.6 is 11.6 Å². The molecule has 0 bridgehead atoms. The van der Waals surface area contributed by atoms with Crippen molar-refractivity contribution in [2.24, 2.45) is 0 Å². The molecule has 2 aromatic heterocycles. The van der Waals surface area contributed by atoms with E-state index in [1.807, 2.05) is 48.5 Å². The van der Waals surface area contributed by atoms with E-state index in [0.717, 1.165) is 11.3 Å². The third kappa shape index (κ3) is 4.02. The molecule has 29 heavy (non-hydrogen) atoms. The van der Waals surface area contributed by atoms with Gasteiger partial charge in [-0.3, -0.25) is 4.79 Å². The first-order valence-corrected chi connectivity index (χ1v) is 9.37. The summed E-state index contributed by atoms with van der Waals surface area (Å²) in [5, 5.41) is 7.41. The Kier molecular flexibility index (Phi) is 5.35. The highest BCUT2D eigenvalue weighted by molar-refractivity contribution is 6.33. The molecule has 144 valence electrons. The molecule has 0 radical (unpaired) electrons. The highest BCUT2D eigenvalue weighted by Gasteiger charge is 2.22. The molecular formula is C22H17ClN4O2. The van der Waals surface area contributed by atoms with Crippen molar-refractivity contribution in [3.05, 3.63) is 89.0 Å². The molecule has 1 amide bonds. The number of hydrogen-bond acceptors (Lipinski definition) is 5. The lowest BCUT2D eigenvalue weighted by atomic mass is 10.1. The maximum atomic E-state index is 12.9. The van der Waals surface area contributed by atoms with Gasteiger partial charge in [-0.1, -0.05) is 65.3 Å². The van der Waals surface area contributed by atoms with E-state index in [4.69, 9.17) is 16.1 Å². The Morgan fingerprint density at radius 1 is 1.07 bits per heavy atom. The van der Waals surface area contributed by atoms with Gasteiger partial charge in [0.05, 0.1) is 23.0 Å². The van der Waals surface area contributed by atoms with Gasteiger partial charge >= 0.3 is 0 Å². The van der Waals surface area contributed by atoms with E-state index in [0.29, 0.717) is 33.3 Å². The lowest BCUT2D eigenvalue weighted by Crippen LogP contribution is -2.24. The predicted octanol–water partition coefficient (Wildman–Crippen LogP) is 4.69. The van der Waals surface area contributed by atoms with Crippen LogP contribution in [0.2, 0.25) is 5.02 Å². The zero-order chi connectivity index (χ0) is 20.2. The molecule has 4 rings (SSSR count). The number of nitrogens with zero attached hydrogens (tertiary/aromatic N) is 3. The van der Waals surface area contributed by atoms with E-state index >= 15 is 0 Å². The lowest BCUT2D eigenvalue weighted by Gasteiger charge is -2.07. The molecule has 1 N–H and O–H groups in total. The van der Waals surface area contributed by atoms with Gasteiger partial charge in [0.15, 0.2) is 0 Å². The van der Waals surface area contributed by atoms with Crippen LogP contribution in [0.4, 0.5) is 0 Å². The Hall–Kier alpha value is -3.51. The molecule has 2 heterocycles. The first-order chi connectivity index (χ1) is 14.1. The van der Waals surface area contributed by atoms with Crippen molar-refractivity contribution in [3.8, 4) is 22.5 Å². The smallest absolute Gasteiger partial charge is 0.257 e. The van der Waals surface area contributed by atoms with Crippen LogP contribution in [0.15, 0.2) is 71.5 Å². The zero-order valence-electron chi connectivity index (χ0n) is 15.6. The molecule has 2 aromatic carbocycles. The van der Waals surface area contributed by atoms with Crippen LogP contribution < -0.4 is 5.32 Å². The maximum absolute atomic E-state index is 12.9. The molecule has 0 fully saturated rings. The normalized spacial score (nSPS) is 10.7. The van der Waals surface area contributed by atoms with Crippen LogP contribution in [-0.4, -0.2) is 21.0 Å². The number of halogens is 1. The fourth-order valence-corrected chi connectivity index (χ4v) is 3.22. The number of hydrogen-bond donors (Lipinski definition) is 1. The van der Waals surface area contributed by atoms with Gasteiger partial charge < -0.3 is 9.84 Å². The topological polar surface area (TPSA) is 80.9 Å². The van der Waals surface area contributed by atoms with E-state index in [9.17, 15) is 4.79 Å². The molecule has 0 atom stereocenters. The van der Waals surface area contributed by atoms with Crippen LogP contribution in [-0.2, 0) is 6.54 Å². The molecule has 0 aliphatic heterocycles. The Labute approximate surface area is 172 Å². The average molecular weight is 405 g/mol. The van der Waals surface area contributed by atoms with Crippen LogP contribution in [0.25, 0.3) is 22.5 Å². The summed E-state index contributed by atoms with van der Waals surface area (Å²) < 4.78 is 5.26. The number of aromatic nitrogens is 3. The van der Waals surface area contributed by atoms with Gasteiger partial charge in [-0.15, -0.1) is 0 Å². The van der Waals surface area contributed by atoms with Crippen LogP contribution in [0.1, 0.15) is 21.8 Å². The summed E-state index contributed by atoms with van der Waals surface area (Å²) in [4.78, 5) is 21.4. The Balaban J connectivity index is 1.55. The molecular weight excluding hydrogens is 388 g/mol. The van der Waals surface area contributed by atoms with E-state index in [1.54, 1.807) is 19.1 Å². The van der Waals surface area contributed by atoms with Crippen molar-refractivity contribution in [2.75, 3.05) is 0 Å². The third-order valence-corrected chi connectivity index (χ3v) is 4.77. The minimum Gasteiger partial charge on any atom is -0.360 e. The van der Waals surface area contributed by atoms with Crippen molar-refractivity contribution in [1.29, 1.82) is 0 Å². The zero-order valence-corrected chi connectivity index (χ0v) is 16.3. The van der Waals surface area contributed by atoms with Gasteiger partial charge in [0, 0.05) is 11.1 Å². The summed E-state index contributed by atoms with van der Waals surface area (Å²) in [6, 6.07) is 18.8. The number of aryl methyl sites for hydroxylation is 1. The van der Waals surface area contributed by atoms with Gasteiger partial charge in [-0.2, -0.15) is 0 Å². The van der Waals surface area contributed by atoms with Gasteiger partial charge in [0.25, 0.3) is 5.91 Å². The molecule has 0 spiro atoms. The average Bonchev–Trinajstić information content (AvgIpc) is 3.14. The molecule has 0 saturated carbocycles. The highest BCUT2D eigenvalue weighted by Crippen LogP contribution is 2.31. The monoisotopic (exact) mass is 404 g/mol. The Bertz CT molecular complexity index is 1160. The molecule has 4 aromatic rings. The fourth-order valence-electron chi connectivity index (χ4n) is 3.00. The number of carbonyl (C=O) groups excluding carboxylic acids is 1. The maximum Gasteiger partial charge on any atom is 0.257 e. The van der Waals surface area contributed by atoms with Crippen LogP contribution in [0.3, 0.4) is 0 Å². The van der Waals surface area contributed by atoms with E-state index in [-0.39, 0.29) is 12.5 Å². The van der Waals surface area contributed by atoms with Crippen molar-refractivity contribution in [3.63, 3.8) is 0 Å². The number of carbonyl (C=O) groups is 1. The molecule has 0 aliphatic rings. The van der Waals surface area contributed by atoms with Gasteiger partial charge in [0.2, 0.25) is 0 Å². The molecule has 0 unspecified atom stereocenters. The minimum absolute atomic E-state index is 0.244.